The predicted molar refractivity (Wildman–Crippen MR) is 122 cm³/mol. The molecule has 8 nitrogen and oxygen atoms in total. The minimum absolute atomic E-state index is 0.0806. The molecule has 1 saturated carbocycles. The molecule has 0 bridgehead atoms. The lowest BCUT2D eigenvalue weighted by Crippen LogP contribution is -2.37. The van der Waals surface area contributed by atoms with Crippen molar-refractivity contribution in [2.24, 2.45) is 17.6 Å². The highest BCUT2D eigenvalue weighted by atomic mass is 32.2. The summed E-state index contributed by atoms with van der Waals surface area (Å²) < 4.78 is 32.6. The molecule has 0 spiro atoms. The van der Waals surface area contributed by atoms with Crippen molar-refractivity contribution in [2.45, 2.75) is 38.0 Å². The Morgan fingerprint density at radius 2 is 2.09 bits per heavy atom. The minimum Gasteiger partial charge on any atom is -0.361 e. The molecule has 2 aromatic heterocycles. The van der Waals surface area contributed by atoms with E-state index in [1.165, 1.54) is 0 Å². The highest BCUT2D eigenvalue weighted by Gasteiger charge is 2.36. The zero-order valence-electron chi connectivity index (χ0n) is 18.3. The lowest BCUT2D eigenvalue weighted by Gasteiger charge is -2.20. The minimum atomic E-state index is -3.69. The normalized spacial score (nSPS) is 18.8. The molecule has 3 aromatic rings. The molecule has 1 aliphatic rings. The quantitative estimate of drug-likeness (QED) is 0.559. The van der Waals surface area contributed by atoms with Gasteiger partial charge >= 0.3 is 0 Å². The molecular weight excluding hydrogens is 428 g/mol. The molecule has 2 atom stereocenters. The fraction of sp³-hybridized carbons (Fsp3) is 0.435. The molecule has 1 fully saturated rings. The number of benzene rings is 1. The molecule has 32 heavy (non-hydrogen) atoms. The number of rotatable bonds is 7. The van der Waals surface area contributed by atoms with Gasteiger partial charge in [0, 0.05) is 36.2 Å². The number of fused-ring (bicyclic) bond motifs is 1. The van der Waals surface area contributed by atoms with Crippen molar-refractivity contribution in [2.75, 3.05) is 18.8 Å². The van der Waals surface area contributed by atoms with E-state index in [1.807, 2.05) is 13.0 Å². The van der Waals surface area contributed by atoms with Crippen LogP contribution in [0.2, 0.25) is 0 Å². The van der Waals surface area contributed by atoms with E-state index in [4.69, 9.17) is 10.3 Å². The van der Waals surface area contributed by atoms with Gasteiger partial charge in [-0.3, -0.25) is 9.78 Å². The Morgan fingerprint density at radius 3 is 2.81 bits per heavy atom. The number of nitrogens with one attached hydrogen (secondary N) is 1. The van der Waals surface area contributed by atoms with Crippen molar-refractivity contribution in [3.63, 3.8) is 0 Å². The van der Waals surface area contributed by atoms with Crippen molar-refractivity contribution in [3.05, 3.63) is 41.9 Å². The third kappa shape index (κ3) is 4.27. The summed E-state index contributed by atoms with van der Waals surface area (Å²) in [6.07, 6.45) is 3.88. The zero-order chi connectivity index (χ0) is 22.9. The van der Waals surface area contributed by atoms with Gasteiger partial charge in [-0.25, -0.2) is 8.42 Å². The van der Waals surface area contributed by atoms with Crippen LogP contribution in [0.5, 0.6) is 0 Å². The van der Waals surface area contributed by atoms with Crippen LogP contribution in [0.1, 0.15) is 30.7 Å². The van der Waals surface area contributed by atoms with Crippen molar-refractivity contribution in [1.29, 1.82) is 0 Å². The van der Waals surface area contributed by atoms with E-state index < -0.39 is 9.84 Å². The Balaban J connectivity index is 1.74. The molecule has 2 heterocycles. The number of aryl methyl sites for hydroxylation is 2. The van der Waals surface area contributed by atoms with E-state index >= 15 is 0 Å². The van der Waals surface area contributed by atoms with E-state index in [1.54, 1.807) is 31.3 Å². The average Bonchev–Trinajstić information content (AvgIpc) is 3.36. The largest absolute Gasteiger partial charge is 0.361 e. The number of carbonyl (C=O) groups excluding carboxylic acids is 1. The van der Waals surface area contributed by atoms with Crippen LogP contribution < -0.4 is 11.1 Å². The second-order valence-electron chi connectivity index (χ2n) is 8.40. The van der Waals surface area contributed by atoms with Gasteiger partial charge in [0.1, 0.15) is 5.76 Å². The first-order chi connectivity index (χ1) is 15.3. The van der Waals surface area contributed by atoms with Crippen LogP contribution in [0.3, 0.4) is 0 Å². The van der Waals surface area contributed by atoms with Crippen molar-refractivity contribution < 1.29 is 17.7 Å². The first-order valence-electron chi connectivity index (χ1n) is 10.8. The van der Waals surface area contributed by atoms with E-state index in [-0.39, 0.29) is 28.4 Å². The number of amides is 1. The summed E-state index contributed by atoms with van der Waals surface area (Å²) in [5.74, 6) is -0.112. The molecule has 1 aliphatic carbocycles. The fourth-order valence-corrected chi connectivity index (χ4v) is 6.68. The number of nitrogens with zero attached hydrogens (tertiary/aromatic N) is 2. The molecule has 4 rings (SSSR count). The summed E-state index contributed by atoms with van der Waals surface area (Å²) in [7, 11) is -3.69. The summed E-state index contributed by atoms with van der Waals surface area (Å²) in [6, 6.07) is 7.05. The van der Waals surface area contributed by atoms with Crippen molar-refractivity contribution >= 4 is 26.6 Å². The molecule has 0 saturated heterocycles. The standard InChI is InChI=1S/C23H28N4O4S/c1-14-22(15(2)31-27-14)17-11-20-19(7-4-9-25-20)21(12-17)32(29,30)13-16-5-3-6-18(16)23(28)26-10-8-24/h4,7,9,11-12,16,18H,3,5-6,8,10,13,24H2,1-2H3,(H,26,28)/t16-,18+/m0/s1. The van der Waals surface area contributed by atoms with E-state index in [0.717, 1.165) is 12.0 Å². The van der Waals surface area contributed by atoms with Gasteiger partial charge in [0.05, 0.1) is 21.9 Å². The van der Waals surface area contributed by atoms with Crippen molar-refractivity contribution in [1.82, 2.24) is 15.5 Å². The molecule has 0 radical (unpaired) electrons. The van der Waals surface area contributed by atoms with E-state index in [0.29, 0.717) is 53.9 Å². The Morgan fingerprint density at radius 1 is 1.28 bits per heavy atom. The van der Waals surface area contributed by atoms with Crippen LogP contribution in [0.15, 0.2) is 39.9 Å². The highest BCUT2D eigenvalue weighted by Crippen LogP contribution is 2.37. The van der Waals surface area contributed by atoms with Gasteiger partial charge in [-0.15, -0.1) is 0 Å². The topological polar surface area (TPSA) is 128 Å². The Bertz CT molecular complexity index is 1230. The monoisotopic (exact) mass is 456 g/mol. The fourth-order valence-electron chi connectivity index (χ4n) is 4.73. The van der Waals surface area contributed by atoms with Crippen molar-refractivity contribution in [3.8, 4) is 11.1 Å². The zero-order valence-corrected chi connectivity index (χ0v) is 19.1. The molecular formula is C23H28N4O4S. The first kappa shape index (κ1) is 22.4. The number of pyridine rings is 1. The predicted octanol–water partition coefficient (Wildman–Crippen LogP) is 2.77. The summed E-state index contributed by atoms with van der Waals surface area (Å²) >= 11 is 0. The average molecular weight is 457 g/mol. The van der Waals surface area contributed by atoms with Crippen LogP contribution in [-0.4, -0.2) is 43.3 Å². The van der Waals surface area contributed by atoms with Gasteiger partial charge in [0.2, 0.25) is 5.91 Å². The lowest BCUT2D eigenvalue weighted by molar-refractivity contribution is -0.125. The van der Waals surface area contributed by atoms with Crippen LogP contribution in [0.4, 0.5) is 0 Å². The SMILES string of the molecule is Cc1noc(C)c1-c1cc(S(=O)(=O)C[C@@H]2CCC[C@H]2C(=O)NCCN)c2cccnc2c1. The van der Waals surface area contributed by atoms with Crippen LogP contribution in [0, 0.1) is 25.7 Å². The Hall–Kier alpha value is -2.78. The van der Waals surface area contributed by atoms with Gasteiger partial charge in [-0.1, -0.05) is 11.6 Å². The third-order valence-corrected chi connectivity index (χ3v) is 8.09. The summed E-state index contributed by atoms with van der Waals surface area (Å²) in [4.78, 5) is 17.2. The molecule has 0 unspecified atom stereocenters. The maximum Gasteiger partial charge on any atom is 0.223 e. The number of nitrogens with two attached hydrogens (primary N) is 1. The molecule has 3 N–H and O–H groups in total. The van der Waals surface area contributed by atoms with Gasteiger partial charge in [0.25, 0.3) is 0 Å². The Labute approximate surface area is 187 Å². The maximum atomic E-state index is 13.7. The number of hydrogen-bond donors (Lipinski definition) is 2. The van der Waals surface area contributed by atoms with Gasteiger partial charge in [-0.05, 0) is 62.4 Å². The number of carbonyl (C=O) groups is 1. The first-order valence-corrected chi connectivity index (χ1v) is 12.5. The van der Waals surface area contributed by atoms with Gasteiger partial charge < -0.3 is 15.6 Å². The number of hydrogen-bond acceptors (Lipinski definition) is 7. The maximum absolute atomic E-state index is 13.7. The van der Waals surface area contributed by atoms with Crippen LogP contribution in [-0.2, 0) is 14.6 Å². The Kier molecular flexibility index (Phi) is 6.30. The third-order valence-electron chi connectivity index (χ3n) is 6.21. The summed E-state index contributed by atoms with van der Waals surface area (Å²) in [5.41, 5.74) is 8.24. The molecule has 1 amide bonds. The van der Waals surface area contributed by atoms with E-state index in [2.05, 4.69) is 15.5 Å². The molecule has 170 valence electrons. The molecule has 1 aromatic carbocycles. The lowest BCUT2D eigenvalue weighted by atomic mass is 9.97. The second-order valence-corrected chi connectivity index (χ2v) is 10.4. The van der Waals surface area contributed by atoms with Crippen LogP contribution >= 0.6 is 0 Å². The summed E-state index contributed by atoms with van der Waals surface area (Å²) in [5, 5.41) is 7.39. The second kappa shape index (κ2) is 8.99. The highest BCUT2D eigenvalue weighted by molar-refractivity contribution is 7.91. The number of sulfone groups is 1. The smallest absolute Gasteiger partial charge is 0.223 e. The molecule has 0 aliphatic heterocycles. The van der Waals surface area contributed by atoms with E-state index in [9.17, 15) is 13.2 Å². The summed E-state index contributed by atoms with van der Waals surface area (Å²) in [6.45, 7) is 4.38. The molecule has 9 heteroatoms. The van der Waals surface area contributed by atoms with Gasteiger partial charge in [0.15, 0.2) is 9.84 Å². The van der Waals surface area contributed by atoms with Crippen LogP contribution in [0.25, 0.3) is 22.0 Å². The van der Waals surface area contributed by atoms with Gasteiger partial charge in [-0.2, -0.15) is 0 Å². The number of aromatic nitrogens is 2.